The van der Waals surface area contributed by atoms with E-state index in [9.17, 15) is 4.79 Å². The molecule has 0 N–H and O–H groups in total. The third-order valence-electron chi connectivity index (χ3n) is 3.32. The molecule has 2 rings (SSSR count). The van der Waals surface area contributed by atoms with E-state index in [-0.39, 0.29) is 11.8 Å². The number of anilines is 1. The summed E-state index contributed by atoms with van der Waals surface area (Å²) in [6.45, 7) is 8.32. The monoisotopic (exact) mass is 241 g/mol. The molecular formula is C14H15N3O. The molecule has 0 bridgehead atoms. The molecule has 1 aromatic rings. The molecule has 1 aromatic heterocycles. The van der Waals surface area contributed by atoms with E-state index in [0.29, 0.717) is 24.3 Å². The van der Waals surface area contributed by atoms with Crippen LogP contribution in [0.1, 0.15) is 24.5 Å². The zero-order chi connectivity index (χ0) is 13.3. The van der Waals surface area contributed by atoms with Crippen LogP contribution in [0, 0.1) is 24.2 Å². The number of rotatable bonds is 2. The van der Waals surface area contributed by atoms with Crippen LogP contribution in [0.5, 0.6) is 0 Å². The van der Waals surface area contributed by atoms with Gasteiger partial charge in [-0.15, -0.1) is 0 Å². The summed E-state index contributed by atoms with van der Waals surface area (Å²) in [7, 11) is 0. The Bertz CT molecular complexity index is 557. The molecule has 1 fully saturated rings. The molecule has 92 valence electrons. The van der Waals surface area contributed by atoms with Crippen LogP contribution in [-0.2, 0) is 4.79 Å². The number of nitrogens with zero attached hydrogens (tertiary/aromatic N) is 3. The van der Waals surface area contributed by atoms with E-state index in [1.807, 2.05) is 13.8 Å². The summed E-state index contributed by atoms with van der Waals surface area (Å²) in [5.74, 6) is 0.898. The van der Waals surface area contributed by atoms with Crippen LogP contribution < -0.4 is 4.90 Å². The maximum absolute atomic E-state index is 11.9. The predicted molar refractivity (Wildman–Crippen MR) is 69.0 cm³/mol. The highest BCUT2D eigenvalue weighted by Crippen LogP contribution is 2.28. The van der Waals surface area contributed by atoms with Crippen LogP contribution in [0.3, 0.4) is 0 Å². The van der Waals surface area contributed by atoms with Crippen molar-refractivity contribution in [1.29, 1.82) is 5.26 Å². The van der Waals surface area contributed by atoms with Gasteiger partial charge in [0.05, 0.1) is 5.56 Å². The van der Waals surface area contributed by atoms with Crippen LogP contribution in [0.15, 0.2) is 24.4 Å². The summed E-state index contributed by atoms with van der Waals surface area (Å²) in [6.07, 6.45) is 2.02. The van der Waals surface area contributed by atoms with Gasteiger partial charge in [0, 0.05) is 25.1 Å². The fraction of sp³-hybridized carbons (Fsp3) is 0.357. The lowest BCUT2D eigenvalue weighted by Crippen LogP contribution is -2.25. The highest BCUT2D eigenvalue weighted by atomic mass is 16.2. The fourth-order valence-electron chi connectivity index (χ4n) is 2.06. The Labute approximate surface area is 107 Å². The molecular weight excluding hydrogens is 226 g/mol. The Morgan fingerprint density at radius 3 is 2.89 bits per heavy atom. The maximum atomic E-state index is 11.9. The van der Waals surface area contributed by atoms with E-state index in [1.165, 1.54) is 6.20 Å². The number of carbonyl (C=O) groups excluding carboxylic acids is 1. The molecule has 0 saturated carbocycles. The average molecular weight is 241 g/mol. The molecule has 0 aliphatic carbocycles. The molecule has 1 unspecified atom stereocenters. The first-order valence-corrected chi connectivity index (χ1v) is 5.85. The topological polar surface area (TPSA) is 57.0 Å². The number of carbonyl (C=O) groups is 1. The number of aryl methyl sites for hydroxylation is 1. The van der Waals surface area contributed by atoms with Gasteiger partial charge in [0.2, 0.25) is 5.91 Å². The minimum absolute atomic E-state index is 0.0691. The number of hydrogen-bond acceptors (Lipinski definition) is 3. The number of amides is 1. The van der Waals surface area contributed by atoms with Crippen molar-refractivity contribution < 1.29 is 4.79 Å². The molecule has 1 amide bonds. The lowest BCUT2D eigenvalue weighted by molar-refractivity contribution is -0.117. The van der Waals surface area contributed by atoms with Gasteiger partial charge in [-0.3, -0.25) is 9.69 Å². The third-order valence-corrected chi connectivity index (χ3v) is 3.32. The van der Waals surface area contributed by atoms with Gasteiger partial charge < -0.3 is 0 Å². The normalized spacial score (nSPS) is 18.8. The van der Waals surface area contributed by atoms with E-state index in [0.717, 1.165) is 11.1 Å². The zero-order valence-corrected chi connectivity index (χ0v) is 10.6. The summed E-state index contributed by atoms with van der Waals surface area (Å²) < 4.78 is 0. The van der Waals surface area contributed by atoms with Crippen molar-refractivity contribution >= 4 is 11.7 Å². The van der Waals surface area contributed by atoms with Gasteiger partial charge in [-0.2, -0.15) is 5.26 Å². The van der Waals surface area contributed by atoms with Gasteiger partial charge in [0.25, 0.3) is 0 Å². The molecule has 0 radical (unpaired) electrons. The molecule has 1 aliphatic rings. The highest BCUT2D eigenvalue weighted by molar-refractivity contribution is 5.95. The average Bonchev–Trinajstić information content (AvgIpc) is 2.71. The molecule has 4 heteroatoms. The van der Waals surface area contributed by atoms with Gasteiger partial charge in [0.1, 0.15) is 11.9 Å². The van der Waals surface area contributed by atoms with E-state index >= 15 is 0 Å². The second-order valence-corrected chi connectivity index (χ2v) is 4.72. The number of aromatic nitrogens is 1. The SMILES string of the molecule is C=C(C)C1CC(=O)N(c2cc(C)c(C#N)cn2)C1. The van der Waals surface area contributed by atoms with Crippen LogP contribution >= 0.6 is 0 Å². The molecule has 0 spiro atoms. The summed E-state index contributed by atoms with van der Waals surface area (Å²) >= 11 is 0. The molecule has 1 aliphatic heterocycles. The van der Waals surface area contributed by atoms with Crippen molar-refractivity contribution in [2.75, 3.05) is 11.4 Å². The highest BCUT2D eigenvalue weighted by Gasteiger charge is 2.31. The quantitative estimate of drug-likeness (QED) is 0.746. The van der Waals surface area contributed by atoms with Crippen LogP contribution in [0.25, 0.3) is 0 Å². The second-order valence-electron chi connectivity index (χ2n) is 4.72. The summed E-state index contributed by atoms with van der Waals surface area (Å²) in [5, 5.41) is 8.86. The van der Waals surface area contributed by atoms with Gasteiger partial charge >= 0.3 is 0 Å². The molecule has 4 nitrogen and oxygen atoms in total. The minimum Gasteiger partial charge on any atom is -0.296 e. The third kappa shape index (κ3) is 2.12. The van der Waals surface area contributed by atoms with Gasteiger partial charge in [-0.05, 0) is 25.5 Å². The standard InChI is InChI=1S/C14H15N3O/c1-9(2)11-5-14(18)17(8-11)13-4-10(3)12(6-15)7-16-13/h4,7,11H,1,5,8H2,2-3H3. The fourth-order valence-corrected chi connectivity index (χ4v) is 2.06. The van der Waals surface area contributed by atoms with E-state index in [4.69, 9.17) is 5.26 Å². The predicted octanol–water partition coefficient (Wildman–Crippen LogP) is 2.19. The molecule has 2 heterocycles. The summed E-state index contributed by atoms with van der Waals surface area (Å²) in [5.41, 5.74) is 2.41. The summed E-state index contributed by atoms with van der Waals surface area (Å²) in [6, 6.07) is 3.86. The Morgan fingerprint density at radius 2 is 2.39 bits per heavy atom. The van der Waals surface area contributed by atoms with Crippen LogP contribution in [0.4, 0.5) is 5.82 Å². The first-order chi connectivity index (χ1) is 8.52. The van der Waals surface area contributed by atoms with Crippen molar-refractivity contribution in [3.63, 3.8) is 0 Å². The Kier molecular flexibility index (Phi) is 3.15. The largest absolute Gasteiger partial charge is 0.296 e. The molecule has 0 aromatic carbocycles. The Balaban J connectivity index is 2.28. The van der Waals surface area contributed by atoms with E-state index < -0.39 is 0 Å². The van der Waals surface area contributed by atoms with Gasteiger partial charge in [0.15, 0.2) is 0 Å². The lowest BCUT2D eigenvalue weighted by atomic mass is 10.0. The van der Waals surface area contributed by atoms with Crippen molar-refractivity contribution in [3.05, 3.63) is 35.5 Å². The zero-order valence-electron chi connectivity index (χ0n) is 10.6. The first-order valence-electron chi connectivity index (χ1n) is 5.85. The second kappa shape index (κ2) is 4.61. The lowest BCUT2D eigenvalue weighted by Gasteiger charge is -2.16. The van der Waals surface area contributed by atoms with Crippen LogP contribution in [-0.4, -0.2) is 17.4 Å². The summed E-state index contributed by atoms with van der Waals surface area (Å²) in [4.78, 5) is 17.8. The van der Waals surface area contributed by atoms with Crippen molar-refractivity contribution in [1.82, 2.24) is 4.98 Å². The maximum Gasteiger partial charge on any atom is 0.228 e. The van der Waals surface area contributed by atoms with E-state index in [1.54, 1.807) is 11.0 Å². The number of hydrogen-bond donors (Lipinski definition) is 0. The number of pyridine rings is 1. The van der Waals surface area contributed by atoms with Crippen LogP contribution in [0.2, 0.25) is 0 Å². The molecule has 1 saturated heterocycles. The van der Waals surface area contributed by atoms with Gasteiger partial charge in [-0.1, -0.05) is 12.2 Å². The Morgan fingerprint density at radius 1 is 1.67 bits per heavy atom. The van der Waals surface area contributed by atoms with Crippen molar-refractivity contribution in [3.8, 4) is 6.07 Å². The first kappa shape index (κ1) is 12.3. The Hall–Kier alpha value is -2.15. The minimum atomic E-state index is 0.0691. The van der Waals surface area contributed by atoms with Crippen molar-refractivity contribution in [2.45, 2.75) is 20.3 Å². The molecule has 18 heavy (non-hydrogen) atoms. The molecule has 1 atom stereocenters. The van der Waals surface area contributed by atoms with E-state index in [2.05, 4.69) is 17.6 Å². The smallest absolute Gasteiger partial charge is 0.228 e. The number of nitriles is 1. The van der Waals surface area contributed by atoms with Gasteiger partial charge in [-0.25, -0.2) is 4.98 Å². The van der Waals surface area contributed by atoms with Crippen molar-refractivity contribution in [2.24, 2.45) is 5.92 Å².